The van der Waals surface area contributed by atoms with Gasteiger partial charge in [0, 0.05) is 11.6 Å². The fourth-order valence-electron chi connectivity index (χ4n) is 2.73. The number of furan rings is 1. The van der Waals surface area contributed by atoms with Gasteiger partial charge in [0.15, 0.2) is 0 Å². The molecule has 0 spiro atoms. The van der Waals surface area contributed by atoms with Crippen molar-refractivity contribution in [2.24, 2.45) is 0 Å². The van der Waals surface area contributed by atoms with Crippen molar-refractivity contribution >= 4 is 44.8 Å². The minimum atomic E-state index is -0.420. The Balaban J connectivity index is 1.91. The van der Waals surface area contributed by atoms with E-state index in [-0.39, 0.29) is 21.9 Å². The van der Waals surface area contributed by atoms with Crippen LogP contribution in [0.25, 0.3) is 21.5 Å². The fourth-order valence-corrected chi connectivity index (χ4v) is 3.74. The van der Waals surface area contributed by atoms with Gasteiger partial charge in [-0.15, -0.1) is 11.3 Å². The lowest BCUT2D eigenvalue weighted by atomic mass is 10.0. The predicted molar refractivity (Wildman–Crippen MR) is 103 cm³/mol. The summed E-state index contributed by atoms with van der Waals surface area (Å²) in [6.07, 6.45) is 3.05. The molecule has 27 heavy (non-hydrogen) atoms. The van der Waals surface area contributed by atoms with E-state index >= 15 is 0 Å². The van der Waals surface area contributed by atoms with E-state index in [1.54, 1.807) is 36.5 Å². The van der Waals surface area contributed by atoms with Crippen LogP contribution in [0.1, 0.15) is 15.2 Å². The van der Waals surface area contributed by atoms with Crippen molar-refractivity contribution < 1.29 is 9.21 Å². The number of thiophene rings is 1. The minimum Gasteiger partial charge on any atom is -0.464 e. The zero-order valence-corrected chi connectivity index (χ0v) is 14.6. The zero-order chi connectivity index (χ0) is 19.0. The number of rotatable bonds is 3. The Morgan fingerprint density at radius 2 is 2.11 bits per heavy atom. The number of anilines is 3. The number of fused-ring (bicyclic) bond motifs is 1. The summed E-state index contributed by atoms with van der Waals surface area (Å²) in [5.41, 5.74) is 13.0. The highest BCUT2D eigenvalue weighted by Crippen LogP contribution is 2.42. The Morgan fingerprint density at radius 3 is 2.78 bits per heavy atom. The van der Waals surface area contributed by atoms with E-state index in [9.17, 15) is 10.1 Å². The van der Waals surface area contributed by atoms with Crippen molar-refractivity contribution in [3.8, 4) is 17.4 Å². The molecule has 8 nitrogen and oxygen atoms in total. The second-order valence-electron chi connectivity index (χ2n) is 5.53. The molecule has 0 aliphatic carbocycles. The maximum Gasteiger partial charge on any atom is 0.269 e. The van der Waals surface area contributed by atoms with Gasteiger partial charge in [0.25, 0.3) is 5.91 Å². The molecule has 0 aliphatic rings. The van der Waals surface area contributed by atoms with Gasteiger partial charge in [0.05, 0.1) is 17.5 Å². The van der Waals surface area contributed by atoms with E-state index in [2.05, 4.69) is 15.3 Å². The largest absolute Gasteiger partial charge is 0.464 e. The summed E-state index contributed by atoms with van der Waals surface area (Å²) in [5.74, 6) is 0.452. The Labute approximate surface area is 157 Å². The minimum absolute atomic E-state index is 0.0503. The highest BCUT2D eigenvalue weighted by atomic mass is 32.1. The Morgan fingerprint density at radius 1 is 1.26 bits per heavy atom. The summed E-state index contributed by atoms with van der Waals surface area (Å²) in [4.78, 5) is 21.7. The molecule has 0 aliphatic heterocycles. The first-order valence-electron chi connectivity index (χ1n) is 7.78. The molecule has 0 unspecified atom stereocenters. The van der Waals surface area contributed by atoms with E-state index in [1.807, 2.05) is 6.07 Å². The topological polar surface area (TPSA) is 144 Å². The smallest absolute Gasteiger partial charge is 0.269 e. The van der Waals surface area contributed by atoms with Crippen LogP contribution in [0, 0.1) is 11.3 Å². The second-order valence-corrected chi connectivity index (χ2v) is 6.53. The molecule has 0 radical (unpaired) electrons. The number of nitriles is 1. The summed E-state index contributed by atoms with van der Waals surface area (Å²) in [6.45, 7) is 0. The standard InChI is InChI=1S/C18H12N6O2S/c19-8-9-12(10-4-3-7-26-10)13-14(20)15(27-18(13)24-16(9)21)17(25)23-11-5-1-2-6-22-11/h1-7H,20H2,(H2,21,24)(H,22,23,25). The maximum atomic E-state index is 12.7. The van der Waals surface area contributed by atoms with Crippen LogP contribution in [0.2, 0.25) is 0 Å². The molecule has 4 aromatic rings. The van der Waals surface area contributed by atoms with Gasteiger partial charge in [-0.25, -0.2) is 9.97 Å². The molecule has 0 fully saturated rings. The summed E-state index contributed by atoms with van der Waals surface area (Å²) < 4.78 is 5.45. The molecule has 0 bridgehead atoms. The number of amides is 1. The predicted octanol–water partition coefficient (Wildman–Crippen LogP) is 3.24. The van der Waals surface area contributed by atoms with Gasteiger partial charge < -0.3 is 21.2 Å². The number of hydrogen-bond acceptors (Lipinski definition) is 8. The number of nitrogens with two attached hydrogens (primary N) is 2. The van der Waals surface area contributed by atoms with E-state index in [1.165, 1.54) is 6.26 Å². The van der Waals surface area contributed by atoms with E-state index < -0.39 is 5.91 Å². The zero-order valence-electron chi connectivity index (χ0n) is 13.8. The Hall–Kier alpha value is -3.90. The first-order chi connectivity index (χ1) is 13.1. The molecule has 0 atom stereocenters. The van der Waals surface area contributed by atoms with Gasteiger partial charge >= 0.3 is 0 Å². The number of pyridine rings is 2. The van der Waals surface area contributed by atoms with Crippen LogP contribution in [0.4, 0.5) is 17.3 Å². The number of carbonyl (C=O) groups is 1. The monoisotopic (exact) mass is 376 g/mol. The Kier molecular flexibility index (Phi) is 3.95. The molecule has 0 saturated carbocycles. The van der Waals surface area contributed by atoms with Crippen LogP contribution in [0.3, 0.4) is 0 Å². The van der Waals surface area contributed by atoms with Crippen LogP contribution >= 0.6 is 11.3 Å². The number of carbonyl (C=O) groups excluding carboxylic acids is 1. The van der Waals surface area contributed by atoms with Crippen LogP contribution in [-0.4, -0.2) is 15.9 Å². The number of hydrogen-bond donors (Lipinski definition) is 3. The average Bonchev–Trinajstić information content (AvgIpc) is 3.30. The summed E-state index contributed by atoms with van der Waals surface area (Å²) in [7, 11) is 0. The molecule has 4 heterocycles. The molecule has 0 aromatic carbocycles. The lowest BCUT2D eigenvalue weighted by molar-refractivity contribution is 0.103. The molecule has 4 rings (SSSR count). The third kappa shape index (κ3) is 2.74. The summed E-state index contributed by atoms with van der Waals surface area (Å²) in [6, 6.07) is 10.6. The lowest BCUT2D eigenvalue weighted by Crippen LogP contribution is -2.12. The highest BCUT2D eigenvalue weighted by molar-refractivity contribution is 7.21. The first kappa shape index (κ1) is 16.6. The van der Waals surface area contributed by atoms with Crippen molar-refractivity contribution in [2.75, 3.05) is 16.8 Å². The number of nitrogens with one attached hydrogen (secondary N) is 1. The van der Waals surface area contributed by atoms with Gasteiger partial charge in [-0.05, 0) is 24.3 Å². The molecule has 1 amide bonds. The molecular weight excluding hydrogens is 364 g/mol. The first-order valence-corrected chi connectivity index (χ1v) is 8.59. The normalized spacial score (nSPS) is 10.6. The molecule has 5 N–H and O–H groups in total. The quantitative estimate of drug-likeness (QED) is 0.498. The average molecular weight is 376 g/mol. The molecule has 4 aromatic heterocycles. The van der Waals surface area contributed by atoms with Crippen LogP contribution in [0.15, 0.2) is 47.2 Å². The van der Waals surface area contributed by atoms with Crippen molar-refractivity contribution in [2.45, 2.75) is 0 Å². The maximum absolute atomic E-state index is 12.7. The number of nitrogen functional groups attached to an aromatic ring is 2. The molecular formula is C18H12N6O2S. The van der Waals surface area contributed by atoms with E-state index in [0.717, 1.165) is 11.3 Å². The van der Waals surface area contributed by atoms with Crippen molar-refractivity contribution in [3.63, 3.8) is 0 Å². The fraction of sp³-hybridized carbons (Fsp3) is 0. The van der Waals surface area contributed by atoms with Gasteiger partial charge in [-0.2, -0.15) is 5.26 Å². The number of nitrogens with zero attached hydrogens (tertiary/aromatic N) is 3. The lowest BCUT2D eigenvalue weighted by Gasteiger charge is -2.07. The van der Waals surface area contributed by atoms with E-state index in [4.69, 9.17) is 15.9 Å². The third-order valence-corrected chi connectivity index (χ3v) is 4.99. The highest BCUT2D eigenvalue weighted by Gasteiger charge is 2.25. The van der Waals surface area contributed by atoms with Crippen molar-refractivity contribution in [1.29, 1.82) is 5.26 Å². The van der Waals surface area contributed by atoms with Gasteiger partial charge in [-0.3, -0.25) is 4.79 Å². The van der Waals surface area contributed by atoms with Gasteiger partial charge in [0.2, 0.25) is 0 Å². The van der Waals surface area contributed by atoms with Crippen LogP contribution < -0.4 is 16.8 Å². The second kappa shape index (κ2) is 6.44. The van der Waals surface area contributed by atoms with Gasteiger partial charge in [-0.1, -0.05) is 6.07 Å². The van der Waals surface area contributed by atoms with E-state index in [0.29, 0.717) is 27.4 Å². The SMILES string of the molecule is N#Cc1c(N)nc2sc(C(=O)Nc3ccccn3)c(N)c2c1-c1ccco1. The number of aromatic nitrogens is 2. The van der Waals surface area contributed by atoms with Crippen molar-refractivity contribution in [3.05, 3.63) is 53.2 Å². The molecule has 9 heteroatoms. The third-order valence-electron chi connectivity index (χ3n) is 3.90. The van der Waals surface area contributed by atoms with Crippen LogP contribution in [-0.2, 0) is 0 Å². The summed E-state index contributed by atoms with van der Waals surface area (Å²) >= 11 is 1.09. The summed E-state index contributed by atoms with van der Waals surface area (Å²) in [5, 5.41) is 12.7. The Bertz CT molecular complexity index is 1190. The molecule has 132 valence electrons. The molecule has 0 saturated heterocycles. The van der Waals surface area contributed by atoms with Crippen molar-refractivity contribution in [1.82, 2.24) is 9.97 Å². The van der Waals surface area contributed by atoms with Crippen LogP contribution in [0.5, 0.6) is 0 Å². The van der Waals surface area contributed by atoms with Gasteiger partial charge in [0.1, 0.15) is 38.7 Å².